The van der Waals surface area contributed by atoms with Gasteiger partial charge in [-0.05, 0) is 30.3 Å². The third kappa shape index (κ3) is 4.14. The Labute approximate surface area is 140 Å². The van der Waals surface area contributed by atoms with E-state index in [4.69, 9.17) is 0 Å². The van der Waals surface area contributed by atoms with Gasteiger partial charge in [-0.3, -0.25) is 4.57 Å². The molecule has 2 aromatic heterocycles. The predicted molar refractivity (Wildman–Crippen MR) is 85.4 cm³/mol. The van der Waals surface area contributed by atoms with Crippen molar-refractivity contribution in [2.75, 3.05) is 10.6 Å². The molecule has 0 aliphatic carbocycles. The van der Waals surface area contributed by atoms with Gasteiger partial charge in [-0.1, -0.05) is 6.07 Å². The predicted octanol–water partition coefficient (Wildman–Crippen LogP) is 3.93. The molecule has 2 amide bonds. The summed E-state index contributed by atoms with van der Waals surface area (Å²) in [7, 11) is 0. The van der Waals surface area contributed by atoms with E-state index < -0.39 is 17.8 Å². The van der Waals surface area contributed by atoms with E-state index in [1.807, 2.05) is 0 Å². The number of halogens is 3. The Bertz CT molecular complexity index is 860. The van der Waals surface area contributed by atoms with Crippen LogP contribution in [0.4, 0.5) is 29.3 Å². The number of hydrogen-bond donors (Lipinski definition) is 2. The largest absolute Gasteiger partial charge is 0.416 e. The van der Waals surface area contributed by atoms with E-state index in [2.05, 4.69) is 20.6 Å². The van der Waals surface area contributed by atoms with Crippen LogP contribution in [0.1, 0.15) is 5.56 Å². The number of urea groups is 1. The maximum Gasteiger partial charge on any atom is 0.416 e. The van der Waals surface area contributed by atoms with E-state index >= 15 is 0 Å². The van der Waals surface area contributed by atoms with Crippen LogP contribution in [0.25, 0.3) is 5.82 Å². The van der Waals surface area contributed by atoms with Gasteiger partial charge in [0, 0.05) is 18.1 Å². The first-order chi connectivity index (χ1) is 11.9. The second-order valence-corrected chi connectivity index (χ2v) is 5.03. The number of aromatic nitrogens is 3. The van der Waals surface area contributed by atoms with E-state index in [-0.39, 0.29) is 5.69 Å². The molecule has 3 rings (SSSR count). The Morgan fingerprint density at radius 3 is 2.52 bits per heavy atom. The van der Waals surface area contributed by atoms with Crippen molar-refractivity contribution in [3.05, 3.63) is 66.9 Å². The minimum absolute atomic E-state index is 0.0373. The van der Waals surface area contributed by atoms with Gasteiger partial charge in [-0.25, -0.2) is 14.8 Å². The molecule has 6 nitrogen and oxygen atoms in total. The number of hydrogen-bond acceptors (Lipinski definition) is 3. The van der Waals surface area contributed by atoms with Gasteiger partial charge in [-0.15, -0.1) is 0 Å². The quantitative estimate of drug-likeness (QED) is 0.754. The van der Waals surface area contributed by atoms with E-state index in [9.17, 15) is 18.0 Å². The van der Waals surface area contributed by atoms with Crippen LogP contribution in [0.15, 0.2) is 61.3 Å². The summed E-state index contributed by atoms with van der Waals surface area (Å²) in [5, 5.41) is 4.85. The van der Waals surface area contributed by atoms with E-state index in [0.717, 1.165) is 12.1 Å². The number of alkyl halides is 3. The fourth-order valence-electron chi connectivity index (χ4n) is 2.07. The summed E-state index contributed by atoms with van der Waals surface area (Å²) in [4.78, 5) is 20.0. The number of nitrogens with zero attached hydrogens (tertiary/aromatic N) is 3. The Kier molecular flexibility index (Phi) is 4.38. The molecular formula is C16H12F3N5O. The van der Waals surface area contributed by atoms with Gasteiger partial charge in [0.2, 0.25) is 0 Å². The molecule has 3 aromatic rings. The van der Waals surface area contributed by atoms with Gasteiger partial charge in [0.05, 0.1) is 17.4 Å². The molecule has 9 heteroatoms. The van der Waals surface area contributed by atoms with E-state index in [0.29, 0.717) is 11.5 Å². The van der Waals surface area contributed by atoms with Crippen LogP contribution in [0.2, 0.25) is 0 Å². The minimum atomic E-state index is -4.47. The maximum atomic E-state index is 12.7. The molecule has 0 radical (unpaired) electrons. The Morgan fingerprint density at radius 1 is 1.08 bits per heavy atom. The summed E-state index contributed by atoms with van der Waals surface area (Å²) in [6.07, 6.45) is 1.87. The molecule has 1 aromatic carbocycles. The number of nitrogens with one attached hydrogen (secondary N) is 2. The highest BCUT2D eigenvalue weighted by molar-refractivity contribution is 5.99. The van der Waals surface area contributed by atoms with Gasteiger partial charge in [0.25, 0.3) is 0 Å². The topological polar surface area (TPSA) is 71.8 Å². The molecule has 0 atom stereocenters. The number of benzene rings is 1. The number of carbonyl (C=O) groups excluding carboxylic acids is 1. The van der Waals surface area contributed by atoms with Crippen molar-refractivity contribution in [3.8, 4) is 5.82 Å². The van der Waals surface area contributed by atoms with Crippen LogP contribution in [-0.4, -0.2) is 20.6 Å². The number of anilines is 2. The Balaban J connectivity index is 1.65. The molecule has 0 saturated heterocycles. The van der Waals surface area contributed by atoms with Crippen LogP contribution in [0.3, 0.4) is 0 Å². The molecule has 0 saturated carbocycles. The molecule has 128 valence electrons. The van der Waals surface area contributed by atoms with Crippen LogP contribution in [0, 0.1) is 0 Å². The second-order valence-electron chi connectivity index (χ2n) is 5.03. The molecule has 2 heterocycles. The normalized spacial score (nSPS) is 11.2. The van der Waals surface area contributed by atoms with Crippen molar-refractivity contribution in [3.63, 3.8) is 0 Å². The molecule has 2 N–H and O–H groups in total. The van der Waals surface area contributed by atoms with Gasteiger partial charge in [-0.2, -0.15) is 13.2 Å². The molecule has 0 aliphatic rings. The first kappa shape index (κ1) is 16.5. The third-order valence-electron chi connectivity index (χ3n) is 3.22. The summed E-state index contributed by atoms with van der Waals surface area (Å²) in [6, 6.07) is 7.00. The lowest BCUT2D eigenvalue weighted by molar-refractivity contribution is -0.137. The van der Waals surface area contributed by atoms with Crippen molar-refractivity contribution in [1.29, 1.82) is 0 Å². The highest BCUT2D eigenvalue weighted by Crippen LogP contribution is 2.30. The van der Waals surface area contributed by atoms with Crippen molar-refractivity contribution < 1.29 is 18.0 Å². The van der Waals surface area contributed by atoms with Gasteiger partial charge >= 0.3 is 12.2 Å². The van der Waals surface area contributed by atoms with Crippen LogP contribution in [0.5, 0.6) is 0 Å². The van der Waals surface area contributed by atoms with Crippen LogP contribution in [-0.2, 0) is 6.18 Å². The van der Waals surface area contributed by atoms with E-state index in [1.165, 1.54) is 18.3 Å². The molecule has 25 heavy (non-hydrogen) atoms. The lowest BCUT2D eigenvalue weighted by atomic mass is 10.2. The second kappa shape index (κ2) is 6.63. The lowest BCUT2D eigenvalue weighted by Gasteiger charge is -2.11. The van der Waals surface area contributed by atoms with Gasteiger partial charge < -0.3 is 10.6 Å². The molecule has 0 bridgehead atoms. The number of carbonyl (C=O) groups is 1. The van der Waals surface area contributed by atoms with Gasteiger partial charge in [0.15, 0.2) is 0 Å². The van der Waals surface area contributed by atoms with Crippen molar-refractivity contribution in [2.24, 2.45) is 0 Å². The zero-order valence-electron chi connectivity index (χ0n) is 12.7. The lowest BCUT2D eigenvalue weighted by Crippen LogP contribution is -2.20. The molecule has 0 unspecified atom stereocenters. The van der Waals surface area contributed by atoms with Crippen LogP contribution < -0.4 is 10.6 Å². The smallest absolute Gasteiger partial charge is 0.308 e. The summed E-state index contributed by atoms with van der Waals surface area (Å²) in [5.41, 5.74) is -0.402. The number of rotatable bonds is 3. The van der Waals surface area contributed by atoms with Crippen molar-refractivity contribution >= 4 is 17.4 Å². The highest BCUT2D eigenvalue weighted by Gasteiger charge is 2.30. The highest BCUT2D eigenvalue weighted by atomic mass is 19.4. The molecule has 0 aliphatic heterocycles. The average Bonchev–Trinajstić information content (AvgIpc) is 3.09. The Morgan fingerprint density at radius 2 is 1.88 bits per heavy atom. The summed E-state index contributed by atoms with van der Waals surface area (Å²) in [5.74, 6) is 0.612. The third-order valence-corrected chi connectivity index (χ3v) is 3.22. The number of imidazole rings is 1. The van der Waals surface area contributed by atoms with Crippen LogP contribution >= 0.6 is 0 Å². The van der Waals surface area contributed by atoms with E-state index in [1.54, 1.807) is 35.4 Å². The van der Waals surface area contributed by atoms with Crippen molar-refractivity contribution in [2.45, 2.75) is 6.18 Å². The monoisotopic (exact) mass is 347 g/mol. The SMILES string of the molecule is O=C(Nc1ccc(-n2ccnc2)nc1)Nc1cccc(C(F)(F)F)c1. The maximum absolute atomic E-state index is 12.7. The fraction of sp³-hybridized carbons (Fsp3) is 0.0625. The summed E-state index contributed by atoms with van der Waals surface area (Å²) < 4.78 is 39.7. The summed E-state index contributed by atoms with van der Waals surface area (Å²) in [6.45, 7) is 0. The molecule has 0 fully saturated rings. The summed E-state index contributed by atoms with van der Waals surface area (Å²) >= 11 is 0. The zero-order chi connectivity index (χ0) is 17.9. The zero-order valence-corrected chi connectivity index (χ0v) is 12.7. The first-order valence-corrected chi connectivity index (χ1v) is 7.11. The van der Waals surface area contributed by atoms with Crippen molar-refractivity contribution in [1.82, 2.24) is 14.5 Å². The standard InChI is InChI=1S/C16H12F3N5O/c17-16(18,19)11-2-1-3-12(8-11)22-15(25)23-13-4-5-14(21-9-13)24-7-6-20-10-24/h1-10H,(H2,22,23,25). The molecular weight excluding hydrogens is 335 g/mol. The van der Waals surface area contributed by atoms with Gasteiger partial charge in [0.1, 0.15) is 12.1 Å². The Hall–Kier alpha value is -3.36. The number of pyridine rings is 1. The fourth-order valence-corrected chi connectivity index (χ4v) is 2.07. The first-order valence-electron chi connectivity index (χ1n) is 7.11. The minimum Gasteiger partial charge on any atom is -0.308 e. The molecule has 0 spiro atoms. The number of amides is 2. The average molecular weight is 347 g/mol.